The highest BCUT2D eigenvalue weighted by Crippen LogP contribution is 2.23. The van der Waals surface area contributed by atoms with Gasteiger partial charge in [0.1, 0.15) is 11.9 Å². The number of methoxy groups -OCH3 is 1. The number of nitrogens with zero attached hydrogens (tertiary/aromatic N) is 1. The van der Waals surface area contributed by atoms with Crippen LogP contribution in [0.25, 0.3) is 0 Å². The van der Waals surface area contributed by atoms with E-state index in [1.54, 1.807) is 23.1 Å². The third kappa shape index (κ3) is 2.83. The first-order chi connectivity index (χ1) is 9.13. The summed E-state index contributed by atoms with van der Waals surface area (Å²) in [6.07, 6.45) is -0.101. The average Bonchev–Trinajstić information content (AvgIpc) is 2.41. The molecule has 0 radical (unpaired) electrons. The summed E-state index contributed by atoms with van der Waals surface area (Å²) in [6, 6.07) is 5.46. The van der Waals surface area contributed by atoms with E-state index in [0.717, 1.165) is 0 Å². The van der Waals surface area contributed by atoms with Crippen molar-refractivity contribution < 1.29 is 18.7 Å². The highest BCUT2D eigenvalue weighted by atomic mass is 19.1. The molecule has 19 heavy (non-hydrogen) atoms. The lowest BCUT2D eigenvalue weighted by Gasteiger charge is -2.36. The number of esters is 1. The molecule has 5 nitrogen and oxygen atoms in total. The number of hydrogen-bond donors (Lipinski definition) is 1. The molecule has 1 saturated heterocycles. The molecule has 1 aromatic carbocycles. The zero-order valence-electron chi connectivity index (χ0n) is 10.6. The largest absolute Gasteiger partial charge is 0.469 e. The number of nitrogens with one attached hydrogen (secondary N) is 1. The Morgan fingerprint density at radius 2 is 2.26 bits per heavy atom. The summed E-state index contributed by atoms with van der Waals surface area (Å²) in [4.78, 5) is 24.8. The van der Waals surface area contributed by atoms with Gasteiger partial charge in [0.2, 0.25) is 5.91 Å². The van der Waals surface area contributed by atoms with E-state index in [0.29, 0.717) is 18.8 Å². The van der Waals surface area contributed by atoms with Gasteiger partial charge in [-0.15, -0.1) is 0 Å². The predicted octanol–water partition coefficient (Wildman–Crippen LogP) is 0.694. The fraction of sp³-hybridized carbons (Fsp3) is 0.385. The number of benzene rings is 1. The molecule has 1 heterocycles. The van der Waals surface area contributed by atoms with Crippen molar-refractivity contribution in [3.63, 3.8) is 0 Å². The van der Waals surface area contributed by atoms with Crippen LogP contribution in [0.15, 0.2) is 24.3 Å². The molecule has 6 heteroatoms. The molecule has 1 unspecified atom stereocenters. The van der Waals surface area contributed by atoms with Crippen molar-refractivity contribution in [1.82, 2.24) is 5.32 Å². The first-order valence-electron chi connectivity index (χ1n) is 5.99. The Morgan fingerprint density at radius 3 is 2.95 bits per heavy atom. The second-order valence-electron chi connectivity index (χ2n) is 4.23. The molecule has 0 aromatic heterocycles. The molecule has 1 aliphatic heterocycles. The lowest BCUT2D eigenvalue weighted by Crippen LogP contribution is -2.56. The zero-order valence-corrected chi connectivity index (χ0v) is 10.6. The number of rotatable bonds is 3. The van der Waals surface area contributed by atoms with Crippen molar-refractivity contribution in [1.29, 1.82) is 0 Å². The van der Waals surface area contributed by atoms with E-state index in [1.807, 2.05) is 0 Å². The van der Waals surface area contributed by atoms with E-state index in [2.05, 4.69) is 10.1 Å². The van der Waals surface area contributed by atoms with Crippen LogP contribution in [0.2, 0.25) is 0 Å². The standard InChI is InChI=1S/C13H15FN2O3/c1-19-12(17)8-11-13(18)15-6-7-16(11)10-5-3-2-4-9(10)14/h2-5,11H,6-8H2,1H3,(H,15,18). The first-order valence-corrected chi connectivity index (χ1v) is 5.99. The Labute approximate surface area is 110 Å². The Morgan fingerprint density at radius 1 is 1.53 bits per heavy atom. The van der Waals surface area contributed by atoms with Gasteiger partial charge in [0.25, 0.3) is 0 Å². The summed E-state index contributed by atoms with van der Waals surface area (Å²) in [6.45, 7) is 0.874. The van der Waals surface area contributed by atoms with E-state index < -0.39 is 17.8 Å². The molecule has 1 N–H and O–H groups in total. The topological polar surface area (TPSA) is 58.6 Å². The minimum Gasteiger partial charge on any atom is -0.469 e. The Hall–Kier alpha value is -2.11. The third-order valence-corrected chi connectivity index (χ3v) is 3.08. The van der Waals surface area contributed by atoms with Gasteiger partial charge in [0.15, 0.2) is 0 Å². The van der Waals surface area contributed by atoms with Crippen molar-refractivity contribution >= 4 is 17.6 Å². The first kappa shape index (κ1) is 13.3. The Kier molecular flexibility index (Phi) is 3.99. The molecule has 102 valence electrons. The maximum absolute atomic E-state index is 13.8. The number of anilines is 1. The fourth-order valence-corrected chi connectivity index (χ4v) is 2.13. The molecule has 1 fully saturated rings. The number of halogens is 1. The molecule has 0 spiro atoms. The average molecular weight is 266 g/mol. The monoisotopic (exact) mass is 266 g/mol. The molecule has 1 atom stereocenters. The number of carbonyl (C=O) groups is 2. The lowest BCUT2D eigenvalue weighted by molar-refractivity contribution is -0.143. The number of amides is 1. The van der Waals surface area contributed by atoms with Crippen molar-refractivity contribution in [3.05, 3.63) is 30.1 Å². The van der Waals surface area contributed by atoms with Gasteiger partial charge in [-0.3, -0.25) is 9.59 Å². The Balaban J connectivity index is 2.27. The Bertz CT molecular complexity index is 493. The lowest BCUT2D eigenvalue weighted by atomic mass is 10.1. The van der Waals surface area contributed by atoms with Crippen LogP contribution in [0, 0.1) is 5.82 Å². The quantitative estimate of drug-likeness (QED) is 0.818. The van der Waals surface area contributed by atoms with Gasteiger partial charge in [0, 0.05) is 13.1 Å². The number of hydrogen-bond acceptors (Lipinski definition) is 4. The summed E-state index contributed by atoms with van der Waals surface area (Å²) in [5.41, 5.74) is 0.325. The predicted molar refractivity (Wildman–Crippen MR) is 67.2 cm³/mol. The second-order valence-corrected chi connectivity index (χ2v) is 4.23. The van der Waals surface area contributed by atoms with E-state index in [-0.39, 0.29) is 12.3 Å². The minimum absolute atomic E-state index is 0.101. The SMILES string of the molecule is COC(=O)CC1C(=O)NCCN1c1ccccc1F. The molecular formula is C13H15FN2O3. The van der Waals surface area contributed by atoms with Crippen LogP contribution >= 0.6 is 0 Å². The van der Waals surface area contributed by atoms with Crippen LogP contribution in [0.5, 0.6) is 0 Å². The molecule has 1 amide bonds. The maximum atomic E-state index is 13.8. The van der Waals surface area contributed by atoms with Gasteiger partial charge in [-0.25, -0.2) is 4.39 Å². The van der Waals surface area contributed by atoms with Crippen molar-refractivity contribution in [2.75, 3.05) is 25.1 Å². The minimum atomic E-state index is -0.738. The molecule has 1 aliphatic rings. The smallest absolute Gasteiger partial charge is 0.308 e. The van der Waals surface area contributed by atoms with Gasteiger partial charge in [0.05, 0.1) is 19.2 Å². The molecular weight excluding hydrogens is 251 g/mol. The summed E-state index contributed by atoms with van der Waals surface area (Å²) in [5.74, 6) is -1.20. The fourth-order valence-electron chi connectivity index (χ4n) is 2.13. The van der Waals surface area contributed by atoms with E-state index in [1.165, 1.54) is 13.2 Å². The molecule has 2 rings (SSSR count). The van der Waals surface area contributed by atoms with E-state index in [9.17, 15) is 14.0 Å². The second kappa shape index (κ2) is 5.69. The number of ether oxygens (including phenoxy) is 1. The van der Waals surface area contributed by atoms with E-state index >= 15 is 0 Å². The highest BCUT2D eigenvalue weighted by molar-refractivity contribution is 5.90. The van der Waals surface area contributed by atoms with E-state index in [4.69, 9.17) is 0 Å². The van der Waals surface area contributed by atoms with Crippen molar-refractivity contribution in [3.8, 4) is 0 Å². The number of piperazine rings is 1. The van der Waals surface area contributed by atoms with Crippen LogP contribution in [-0.2, 0) is 14.3 Å². The summed E-state index contributed by atoms with van der Waals surface area (Å²) >= 11 is 0. The van der Waals surface area contributed by atoms with Gasteiger partial charge in [-0.1, -0.05) is 12.1 Å². The maximum Gasteiger partial charge on any atom is 0.308 e. The van der Waals surface area contributed by atoms with Gasteiger partial charge < -0.3 is 15.0 Å². The molecule has 0 aliphatic carbocycles. The van der Waals surface area contributed by atoms with Gasteiger partial charge in [-0.2, -0.15) is 0 Å². The van der Waals surface area contributed by atoms with Crippen LogP contribution in [-0.4, -0.2) is 38.1 Å². The van der Waals surface area contributed by atoms with Crippen LogP contribution in [0.3, 0.4) is 0 Å². The number of carbonyl (C=O) groups excluding carboxylic acids is 2. The van der Waals surface area contributed by atoms with Crippen molar-refractivity contribution in [2.45, 2.75) is 12.5 Å². The van der Waals surface area contributed by atoms with Crippen molar-refractivity contribution in [2.24, 2.45) is 0 Å². The molecule has 0 saturated carbocycles. The molecule has 0 bridgehead atoms. The highest BCUT2D eigenvalue weighted by Gasteiger charge is 2.33. The van der Waals surface area contributed by atoms with Crippen LogP contribution < -0.4 is 10.2 Å². The normalized spacial score (nSPS) is 18.9. The number of para-hydroxylation sites is 1. The summed E-state index contributed by atoms with van der Waals surface area (Å²) < 4.78 is 18.4. The third-order valence-electron chi connectivity index (χ3n) is 3.08. The summed E-state index contributed by atoms with van der Waals surface area (Å²) in [5, 5.41) is 2.67. The van der Waals surface area contributed by atoms with Gasteiger partial charge >= 0.3 is 5.97 Å². The molecule has 1 aromatic rings. The van der Waals surface area contributed by atoms with Gasteiger partial charge in [-0.05, 0) is 12.1 Å². The summed E-state index contributed by atoms with van der Waals surface area (Å²) in [7, 11) is 1.26. The van der Waals surface area contributed by atoms with Crippen LogP contribution in [0.4, 0.5) is 10.1 Å². The van der Waals surface area contributed by atoms with Crippen LogP contribution in [0.1, 0.15) is 6.42 Å². The zero-order chi connectivity index (χ0) is 13.8.